The molecule has 2 aromatic rings. The number of nitrogens with one attached hydrogen (secondary N) is 1. The van der Waals surface area contributed by atoms with Crippen LogP contribution in [0.15, 0.2) is 36.4 Å². The van der Waals surface area contributed by atoms with E-state index in [-0.39, 0.29) is 27.8 Å². The van der Waals surface area contributed by atoms with Crippen LogP contribution in [0.5, 0.6) is 5.75 Å². The number of nitrogens with two attached hydrogens (primary N) is 1. The predicted octanol–water partition coefficient (Wildman–Crippen LogP) is 3.87. The second-order valence-corrected chi connectivity index (χ2v) is 11.7. The summed E-state index contributed by atoms with van der Waals surface area (Å²) in [6, 6.07) is 8.40. The molecule has 0 radical (unpaired) electrons. The lowest BCUT2D eigenvalue weighted by atomic mass is 10.1. The lowest BCUT2D eigenvalue weighted by molar-refractivity contribution is -0.139. The maximum Gasteiger partial charge on any atom is 0.326 e. The fourth-order valence-corrected chi connectivity index (χ4v) is 5.68. The van der Waals surface area contributed by atoms with Gasteiger partial charge in [-0.1, -0.05) is 35.3 Å². The molecule has 7 nitrogen and oxygen atoms in total. The molecule has 0 aromatic heterocycles. The number of phenols is 1. The number of rotatable bonds is 11. The van der Waals surface area contributed by atoms with Crippen molar-refractivity contribution in [2.75, 3.05) is 19.4 Å². The average Bonchev–Trinajstić information content (AvgIpc) is 2.71. The van der Waals surface area contributed by atoms with Gasteiger partial charge in [0, 0.05) is 11.5 Å². The van der Waals surface area contributed by atoms with E-state index in [2.05, 4.69) is 5.32 Å². The number of phenolic OH excluding ortho intramolecular Hbond substituents is 1. The molecule has 0 bridgehead atoms. The molecule has 5 N–H and O–H groups in total. The Bertz CT molecular complexity index is 1010. The Morgan fingerprint density at radius 2 is 1.81 bits per heavy atom. The van der Waals surface area contributed by atoms with Gasteiger partial charge in [0.15, 0.2) is 0 Å². The molecule has 0 aliphatic carbocycles. The Morgan fingerprint density at radius 3 is 2.38 bits per heavy atom. The van der Waals surface area contributed by atoms with Crippen molar-refractivity contribution in [3.8, 4) is 5.75 Å². The molecule has 1 amide bonds. The molecule has 0 aliphatic rings. The standard InChI is InChI=1S/C22H27Cl2N2O5P/c1-32(31,16-6-4-5-15(27)13-16)10-8-14-11-17(23)20(18(24)12-14)21(28)26-19(22(29)30)7-2-3-9-25/h4-6,11-13,19,27H,2-3,7-10,25H2,1H3,(H,26,28)(H,29,30)/t19-,32?/m0/s1. The zero-order chi connectivity index (χ0) is 23.9. The van der Waals surface area contributed by atoms with Crippen molar-refractivity contribution >= 4 is 47.5 Å². The highest BCUT2D eigenvalue weighted by Crippen LogP contribution is 2.41. The van der Waals surface area contributed by atoms with Crippen LogP contribution in [-0.4, -0.2) is 47.5 Å². The van der Waals surface area contributed by atoms with Crippen LogP contribution in [0.25, 0.3) is 0 Å². The van der Waals surface area contributed by atoms with Crippen LogP contribution in [0.2, 0.25) is 10.0 Å². The maximum atomic E-state index is 13.1. The van der Waals surface area contributed by atoms with Gasteiger partial charge >= 0.3 is 5.97 Å². The number of amides is 1. The summed E-state index contributed by atoms with van der Waals surface area (Å²) in [5.41, 5.74) is 6.12. The van der Waals surface area contributed by atoms with Crippen molar-refractivity contribution in [3.63, 3.8) is 0 Å². The zero-order valence-electron chi connectivity index (χ0n) is 17.7. The number of benzene rings is 2. The van der Waals surface area contributed by atoms with Gasteiger partial charge in [-0.3, -0.25) is 4.79 Å². The Morgan fingerprint density at radius 1 is 1.16 bits per heavy atom. The lowest BCUT2D eigenvalue weighted by Gasteiger charge is -2.17. The van der Waals surface area contributed by atoms with E-state index in [9.17, 15) is 24.4 Å². The molecule has 0 heterocycles. The molecule has 1 unspecified atom stereocenters. The van der Waals surface area contributed by atoms with Gasteiger partial charge < -0.3 is 25.8 Å². The minimum absolute atomic E-state index is 0.00480. The van der Waals surface area contributed by atoms with Gasteiger partial charge in [-0.25, -0.2) is 4.79 Å². The monoisotopic (exact) mass is 500 g/mol. The van der Waals surface area contributed by atoms with Crippen LogP contribution < -0.4 is 16.4 Å². The first kappa shape index (κ1) is 26.2. The van der Waals surface area contributed by atoms with E-state index in [4.69, 9.17) is 28.9 Å². The van der Waals surface area contributed by atoms with E-state index < -0.39 is 25.1 Å². The second kappa shape index (κ2) is 11.7. The van der Waals surface area contributed by atoms with E-state index in [1.165, 1.54) is 12.1 Å². The van der Waals surface area contributed by atoms with Crippen LogP contribution >= 0.6 is 30.3 Å². The van der Waals surface area contributed by atoms with Crippen LogP contribution in [0, 0.1) is 0 Å². The highest BCUT2D eigenvalue weighted by atomic mass is 35.5. The van der Waals surface area contributed by atoms with Crippen molar-refractivity contribution in [1.82, 2.24) is 5.32 Å². The molecule has 10 heteroatoms. The fraction of sp³-hybridized carbons (Fsp3) is 0.364. The maximum absolute atomic E-state index is 13.1. The number of aryl methyl sites for hydroxylation is 1. The van der Waals surface area contributed by atoms with E-state index in [0.717, 1.165) is 0 Å². The number of aromatic hydroxyl groups is 1. The van der Waals surface area contributed by atoms with E-state index >= 15 is 0 Å². The van der Waals surface area contributed by atoms with Crippen molar-refractivity contribution in [1.29, 1.82) is 0 Å². The Balaban J connectivity index is 2.12. The number of halogens is 2. The third-order valence-electron chi connectivity index (χ3n) is 5.08. The summed E-state index contributed by atoms with van der Waals surface area (Å²) in [4.78, 5) is 24.1. The first-order valence-corrected chi connectivity index (χ1v) is 13.2. The van der Waals surface area contributed by atoms with Crippen molar-refractivity contribution in [2.24, 2.45) is 5.73 Å². The number of carbonyl (C=O) groups is 2. The number of unbranched alkanes of at least 4 members (excludes halogenated alkanes) is 1. The number of carbonyl (C=O) groups excluding carboxylic acids is 1. The number of aliphatic carboxylic acids is 1. The Hall–Kier alpha value is -2.05. The van der Waals surface area contributed by atoms with Gasteiger partial charge in [-0.2, -0.15) is 0 Å². The topological polar surface area (TPSA) is 130 Å². The Kier molecular flexibility index (Phi) is 9.59. The van der Waals surface area contributed by atoms with Crippen LogP contribution in [0.1, 0.15) is 35.2 Å². The molecule has 0 saturated heterocycles. The first-order valence-electron chi connectivity index (χ1n) is 10.1. The molecule has 0 fully saturated rings. The van der Waals surface area contributed by atoms with E-state index in [1.54, 1.807) is 30.9 Å². The molecular weight excluding hydrogens is 474 g/mol. The minimum Gasteiger partial charge on any atom is -0.508 e. The van der Waals surface area contributed by atoms with Crippen molar-refractivity contribution < 1.29 is 24.4 Å². The molecule has 0 spiro atoms. The van der Waals surface area contributed by atoms with Gasteiger partial charge in [0.2, 0.25) is 0 Å². The minimum atomic E-state index is -2.74. The van der Waals surface area contributed by atoms with Gasteiger partial charge in [0.1, 0.15) is 18.9 Å². The number of carboxylic acid groups (broad SMARTS) is 1. The summed E-state index contributed by atoms with van der Waals surface area (Å²) in [7, 11) is -2.74. The third-order valence-corrected chi connectivity index (χ3v) is 8.13. The number of hydrogen-bond donors (Lipinski definition) is 4. The van der Waals surface area contributed by atoms with E-state index in [1.807, 2.05) is 0 Å². The quantitative estimate of drug-likeness (QED) is 0.273. The summed E-state index contributed by atoms with van der Waals surface area (Å²) in [6.45, 7) is 2.08. The number of carboxylic acids is 1. The molecule has 0 aliphatic heterocycles. The smallest absolute Gasteiger partial charge is 0.326 e. The normalized spacial score (nSPS) is 13.9. The predicted molar refractivity (Wildman–Crippen MR) is 128 cm³/mol. The van der Waals surface area contributed by atoms with Crippen LogP contribution in [0.4, 0.5) is 0 Å². The summed E-state index contributed by atoms with van der Waals surface area (Å²) >= 11 is 12.6. The molecular formula is C22H27Cl2N2O5P. The average molecular weight is 501 g/mol. The third kappa shape index (κ3) is 7.24. The molecule has 32 heavy (non-hydrogen) atoms. The highest BCUT2D eigenvalue weighted by molar-refractivity contribution is 7.70. The number of hydrogen-bond acceptors (Lipinski definition) is 5. The lowest BCUT2D eigenvalue weighted by Crippen LogP contribution is -2.41. The largest absolute Gasteiger partial charge is 0.508 e. The zero-order valence-corrected chi connectivity index (χ0v) is 20.1. The SMILES string of the molecule is CP(=O)(CCc1cc(Cl)c(C(=O)N[C@@H](CCCCN)C(=O)O)c(Cl)c1)c1cccc(O)c1. The highest BCUT2D eigenvalue weighted by Gasteiger charge is 2.24. The summed E-state index contributed by atoms with van der Waals surface area (Å²) in [5.74, 6) is -1.77. The van der Waals surface area contributed by atoms with Crippen molar-refractivity contribution in [2.45, 2.75) is 31.7 Å². The Labute approximate surface area is 197 Å². The van der Waals surface area contributed by atoms with Crippen LogP contribution in [-0.2, 0) is 15.8 Å². The first-order chi connectivity index (χ1) is 15.0. The van der Waals surface area contributed by atoms with Gasteiger partial charge in [0.25, 0.3) is 5.91 Å². The fourth-order valence-electron chi connectivity index (χ4n) is 3.23. The summed E-state index contributed by atoms with van der Waals surface area (Å²) in [5, 5.41) is 22.2. The molecule has 174 valence electrons. The van der Waals surface area contributed by atoms with Gasteiger partial charge in [-0.05, 0) is 68.7 Å². The second-order valence-electron chi connectivity index (χ2n) is 7.68. The van der Waals surface area contributed by atoms with E-state index in [0.29, 0.717) is 42.8 Å². The molecule has 2 aromatic carbocycles. The van der Waals surface area contributed by atoms with Crippen molar-refractivity contribution in [3.05, 3.63) is 57.6 Å². The molecule has 0 saturated carbocycles. The van der Waals surface area contributed by atoms with Gasteiger partial charge in [-0.15, -0.1) is 0 Å². The molecule has 2 atom stereocenters. The summed E-state index contributed by atoms with van der Waals surface area (Å²) in [6.07, 6.45) is 2.16. The summed E-state index contributed by atoms with van der Waals surface area (Å²) < 4.78 is 13.1. The van der Waals surface area contributed by atoms with Gasteiger partial charge in [0.05, 0.1) is 15.6 Å². The van der Waals surface area contributed by atoms with Crippen LogP contribution in [0.3, 0.4) is 0 Å². The molecule has 2 rings (SSSR count).